The first kappa shape index (κ1) is 12.9. The fourth-order valence-electron chi connectivity index (χ4n) is 2.45. The maximum atomic E-state index is 5.90. The van der Waals surface area contributed by atoms with Gasteiger partial charge < -0.3 is 10.6 Å². The van der Waals surface area contributed by atoms with Gasteiger partial charge in [0.1, 0.15) is 0 Å². The van der Waals surface area contributed by atoms with Gasteiger partial charge in [-0.2, -0.15) is 0 Å². The number of hydrogen-bond donors (Lipinski definition) is 1. The van der Waals surface area contributed by atoms with Crippen LogP contribution in [0.3, 0.4) is 0 Å². The molecule has 2 nitrogen and oxygen atoms in total. The normalized spacial score (nSPS) is 21.9. The van der Waals surface area contributed by atoms with Gasteiger partial charge in [0, 0.05) is 23.6 Å². The van der Waals surface area contributed by atoms with Gasteiger partial charge in [-0.1, -0.05) is 19.4 Å². The summed E-state index contributed by atoms with van der Waals surface area (Å²) < 4.78 is 1.17. The summed E-state index contributed by atoms with van der Waals surface area (Å²) in [5, 5.41) is 0. The van der Waals surface area contributed by atoms with E-state index in [9.17, 15) is 0 Å². The highest BCUT2D eigenvalue weighted by Gasteiger charge is 2.22. The average molecular weight is 297 g/mol. The molecule has 1 aromatic carbocycles. The van der Waals surface area contributed by atoms with Crippen LogP contribution in [0.25, 0.3) is 0 Å². The van der Waals surface area contributed by atoms with Crippen LogP contribution in [0.4, 0.5) is 5.69 Å². The molecule has 3 heteroatoms. The van der Waals surface area contributed by atoms with Crippen LogP contribution < -0.4 is 10.6 Å². The number of nitrogens with zero attached hydrogens (tertiary/aromatic N) is 1. The van der Waals surface area contributed by atoms with Crippen molar-refractivity contribution in [1.29, 1.82) is 0 Å². The number of halogens is 1. The van der Waals surface area contributed by atoms with E-state index in [-0.39, 0.29) is 6.04 Å². The van der Waals surface area contributed by atoms with E-state index in [0.29, 0.717) is 0 Å². The first-order chi connectivity index (χ1) is 8.11. The van der Waals surface area contributed by atoms with Gasteiger partial charge in [-0.25, -0.2) is 0 Å². The fourth-order valence-corrected chi connectivity index (χ4v) is 3.09. The fraction of sp³-hybridized carbons (Fsp3) is 0.571. The third-order valence-electron chi connectivity index (χ3n) is 3.70. The first-order valence-electron chi connectivity index (χ1n) is 6.41. The highest BCUT2D eigenvalue weighted by molar-refractivity contribution is 9.10. The molecule has 0 amide bonds. The maximum absolute atomic E-state index is 5.90. The number of hydrogen-bond acceptors (Lipinski definition) is 2. The highest BCUT2D eigenvalue weighted by atomic mass is 79.9. The Morgan fingerprint density at radius 1 is 1.53 bits per heavy atom. The minimum atomic E-state index is 0.0994. The van der Waals surface area contributed by atoms with Crippen molar-refractivity contribution in [3.63, 3.8) is 0 Å². The van der Waals surface area contributed by atoms with Gasteiger partial charge in [0.2, 0.25) is 0 Å². The van der Waals surface area contributed by atoms with Gasteiger partial charge in [0.25, 0.3) is 0 Å². The second-order valence-electron chi connectivity index (χ2n) is 5.01. The van der Waals surface area contributed by atoms with E-state index in [0.717, 1.165) is 5.92 Å². The van der Waals surface area contributed by atoms with E-state index in [4.69, 9.17) is 5.73 Å². The van der Waals surface area contributed by atoms with Crippen molar-refractivity contribution in [2.45, 2.75) is 32.7 Å². The minimum absolute atomic E-state index is 0.0994. The number of rotatable bonds is 3. The lowest BCUT2D eigenvalue weighted by Gasteiger charge is -2.21. The molecule has 17 heavy (non-hydrogen) atoms. The second-order valence-corrected chi connectivity index (χ2v) is 5.86. The highest BCUT2D eigenvalue weighted by Crippen LogP contribution is 2.33. The largest absolute Gasteiger partial charge is 0.370 e. The number of benzene rings is 1. The molecule has 94 valence electrons. The molecule has 0 radical (unpaired) electrons. The van der Waals surface area contributed by atoms with Crippen molar-refractivity contribution in [3.05, 3.63) is 28.2 Å². The Morgan fingerprint density at radius 2 is 2.29 bits per heavy atom. The molecule has 2 unspecified atom stereocenters. The molecule has 0 aliphatic carbocycles. The molecule has 1 saturated heterocycles. The van der Waals surface area contributed by atoms with Crippen molar-refractivity contribution in [1.82, 2.24) is 0 Å². The molecule has 1 aromatic rings. The zero-order valence-corrected chi connectivity index (χ0v) is 12.2. The van der Waals surface area contributed by atoms with Gasteiger partial charge in [-0.3, -0.25) is 0 Å². The molecule has 0 spiro atoms. The molecular weight excluding hydrogens is 276 g/mol. The maximum Gasteiger partial charge on any atom is 0.0510 e. The summed E-state index contributed by atoms with van der Waals surface area (Å²) in [7, 11) is 0. The van der Waals surface area contributed by atoms with Crippen LogP contribution in [0.15, 0.2) is 22.7 Å². The van der Waals surface area contributed by atoms with Crippen LogP contribution in [-0.4, -0.2) is 13.1 Å². The Morgan fingerprint density at radius 3 is 2.82 bits per heavy atom. The average Bonchev–Trinajstić information content (AvgIpc) is 2.77. The van der Waals surface area contributed by atoms with E-state index in [1.54, 1.807) is 0 Å². The molecule has 0 bridgehead atoms. The van der Waals surface area contributed by atoms with Gasteiger partial charge >= 0.3 is 0 Å². The molecule has 2 N–H and O–H groups in total. The van der Waals surface area contributed by atoms with Crippen molar-refractivity contribution in [2.75, 3.05) is 18.0 Å². The van der Waals surface area contributed by atoms with Gasteiger partial charge in [-0.15, -0.1) is 0 Å². The number of nitrogens with two attached hydrogens (primary N) is 1. The zero-order chi connectivity index (χ0) is 12.4. The standard InChI is InChI=1S/C14H21BrN2/c1-3-11-6-7-17(9-11)14-5-4-12(10(2)16)8-13(14)15/h4-5,8,10-11H,3,6-7,9,16H2,1-2H3. The number of anilines is 1. The molecule has 2 rings (SSSR count). The van der Waals surface area contributed by atoms with Gasteiger partial charge in [0.15, 0.2) is 0 Å². The van der Waals surface area contributed by atoms with Gasteiger partial charge in [0.05, 0.1) is 5.69 Å². The monoisotopic (exact) mass is 296 g/mol. The molecule has 1 fully saturated rings. The Labute approximate surface area is 112 Å². The van der Waals surface area contributed by atoms with Crippen molar-refractivity contribution in [2.24, 2.45) is 11.7 Å². The summed E-state index contributed by atoms with van der Waals surface area (Å²) in [5.74, 6) is 0.856. The predicted octanol–water partition coefficient (Wildman–Crippen LogP) is 3.71. The molecule has 1 aliphatic heterocycles. The predicted molar refractivity (Wildman–Crippen MR) is 77.4 cm³/mol. The zero-order valence-electron chi connectivity index (χ0n) is 10.6. The molecule has 0 saturated carbocycles. The van der Waals surface area contributed by atoms with E-state index in [1.165, 1.54) is 41.7 Å². The summed E-state index contributed by atoms with van der Waals surface area (Å²) in [4.78, 5) is 2.48. The smallest absolute Gasteiger partial charge is 0.0510 e. The third-order valence-corrected chi connectivity index (χ3v) is 4.34. The van der Waals surface area contributed by atoms with E-state index in [1.807, 2.05) is 6.92 Å². The van der Waals surface area contributed by atoms with E-state index >= 15 is 0 Å². The van der Waals surface area contributed by atoms with E-state index < -0.39 is 0 Å². The molecule has 1 aliphatic rings. The topological polar surface area (TPSA) is 29.3 Å². The first-order valence-corrected chi connectivity index (χ1v) is 7.21. The van der Waals surface area contributed by atoms with Crippen LogP contribution >= 0.6 is 15.9 Å². The second kappa shape index (κ2) is 5.40. The van der Waals surface area contributed by atoms with Crippen LogP contribution in [0.1, 0.15) is 38.3 Å². The van der Waals surface area contributed by atoms with E-state index in [2.05, 4.69) is 46.0 Å². The van der Waals surface area contributed by atoms with Crippen molar-refractivity contribution in [3.8, 4) is 0 Å². The SMILES string of the molecule is CCC1CCN(c2ccc(C(C)N)cc2Br)C1. The minimum Gasteiger partial charge on any atom is -0.370 e. The molecular formula is C14H21BrN2. The van der Waals surface area contributed by atoms with Crippen LogP contribution in [-0.2, 0) is 0 Å². The lowest BCUT2D eigenvalue weighted by Crippen LogP contribution is -2.20. The summed E-state index contributed by atoms with van der Waals surface area (Å²) in [5.41, 5.74) is 8.39. The van der Waals surface area contributed by atoms with Crippen molar-refractivity contribution < 1.29 is 0 Å². The Kier molecular flexibility index (Phi) is 4.10. The van der Waals surface area contributed by atoms with Crippen LogP contribution in [0, 0.1) is 5.92 Å². The molecule has 2 atom stereocenters. The Hall–Kier alpha value is -0.540. The third kappa shape index (κ3) is 2.83. The van der Waals surface area contributed by atoms with Crippen LogP contribution in [0.2, 0.25) is 0 Å². The Balaban J connectivity index is 2.17. The Bertz CT molecular complexity index is 390. The summed E-state index contributed by atoms with van der Waals surface area (Å²) >= 11 is 3.67. The summed E-state index contributed by atoms with van der Waals surface area (Å²) in [6.45, 7) is 6.66. The van der Waals surface area contributed by atoms with Crippen molar-refractivity contribution >= 4 is 21.6 Å². The molecule has 1 heterocycles. The molecule has 0 aromatic heterocycles. The lowest BCUT2D eigenvalue weighted by atomic mass is 10.1. The quantitative estimate of drug-likeness (QED) is 0.921. The summed E-state index contributed by atoms with van der Waals surface area (Å²) in [6, 6.07) is 6.59. The van der Waals surface area contributed by atoms with Crippen LogP contribution in [0.5, 0.6) is 0 Å². The van der Waals surface area contributed by atoms with Gasteiger partial charge in [-0.05, 0) is 52.9 Å². The lowest BCUT2D eigenvalue weighted by molar-refractivity contribution is 0.569. The summed E-state index contributed by atoms with van der Waals surface area (Å²) in [6.07, 6.45) is 2.60.